The summed E-state index contributed by atoms with van der Waals surface area (Å²) in [6, 6.07) is 0. The van der Waals surface area contributed by atoms with Crippen molar-refractivity contribution in [1.82, 2.24) is 0 Å². The molecule has 0 spiro atoms. The minimum Gasteiger partial charge on any atom is -0.462 e. The predicted octanol–water partition coefficient (Wildman–Crippen LogP) is 23.1. The summed E-state index contributed by atoms with van der Waals surface area (Å²) in [5.74, 6) is -0.859. The molecule has 1 unspecified atom stereocenters. The fourth-order valence-electron chi connectivity index (χ4n) is 9.96. The van der Waals surface area contributed by atoms with Crippen LogP contribution in [0.5, 0.6) is 0 Å². The van der Waals surface area contributed by atoms with Gasteiger partial charge < -0.3 is 14.2 Å². The van der Waals surface area contributed by atoms with Crippen molar-refractivity contribution in [3.05, 3.63) is 60.8 Å². The van der Waals surface area contributed by atoms with Gasteiger partial charge in [0, 0.05) is 19.3 Å². The number of esters is 3. The van der Waals surface area contributed by atoms with Gasteiger partial charge in [0.1, 0.15) is 13.2 Å². The molecule has 0 bridgehead atoms. The van der Waals surface area contributed by atoms with Gasteiger partial charge in [-0.15, -0.1) is 0 Å². The molecule has 0 radical (unpaired) electrons. The summed E-state index contributed by atoms with van der Waals surface area (Å²) in [4.78, 5) is 38.4. The normalized spacial score (nSPS) is 12.4. The van der Waals surface area contributed by atoms with Crippen LogP contribution in [0.15, 0.2) is 60.8 Å². The van der Waals surface area contributed by atoms with E-state index in [1.807, 2.05) is 0 Å². The SMILES string of the molecule is CC/C=C\C/C=C\C/C=C\C/C=C\CCCCCCCCCCCCC(=O)OCC(COC(=O)CCCCCCCCCCCCCCCCCCCC)OC(=O)CCCCCCCCC/C=C\CCCCCCCCC. The number of hydrogen-bond donors (Lipinski definition) is 0. The second-order valence-corrected chi connectivity index (χ2v) is 22.7. The highest BCUT2D eigenvalue weighted by molar-refractivity contribution is 5.71. The van der Waals surface area contributed by atoms with Crippen molar-refractivity contribution in [2.75, 3.05) is 13.2 Å². The van der Waals surface area contributed by atoms with Crippen molar-refractivity contribution in [3.8, 4) is 0 Å². The Morgan fingerprint density at radius 1 is 0.273 bits per heavy atom. The summed E-state index contributed by atoms with van der Waals surface area (Å²) in [7, 11) is 0. The lowest BCUT2D eigenvalue weighted by atomic mass is 10.0. The van der Waals surface area contributed by atoms with Gasteiger partial charge in [-0.05, 0) is 83.5 Å². The van der Waals surface area contributed by atoms with Crippen LogP contribution in [0.4, 0.5) is 0 Å². The topological polar surface area (TPSA) is 78.9 Å². The largest absolute Gasteiger partial charge is 0.462 e. The summed E-state index contributed by atoms with van der Waals surface area (Å²) in [5.41, 5.74) is 0. The van der Waals surface area contributed by atoms with E-state index >= 15 is 0 Å². The molecule has 6 heteroatoms. The van der Waals surface area contributed by atoms with Crippen LogP contribution in [0.2, 0.25) is 0 Å². The van der Waals surface area contributed by atoms with Crippen LogP contribution in [-0.4, -0.2) is 37.2 Å². The van der Waals surface area contributed by atoms with Crippen LogP contribution >= 0.6 is 0 Å². The highest BCUT2D eigenvalue weighted by atomic mass is 16.6. The quantitative estimate of drug-likeness (QED) is 0.0261. The zero-order valence-corrected chi connectivity index (χ0v) is 51.5. The second-order valence-electron chi connectivity index (χ2n) is 22.7. The first-order valence-electron chi connectivity index (χ1n) is 33.8. The number of allylic oxidation sites excluding steroid dienone is 10. The van der Waals surface area contributed by atoms with Crippen LogP contribution < -0.4 is 0 Å². The average Bonchev–Trinajstić information content (AvgIpc) is 3.43. The summed E-state index contributed by atoms with van der Waals surface area (Å²) in [5, 5.41) is 0. The molecule has 448 valence electrons. The highest BCUT2D eigenvalue weighted by Crippen LogP contribution is 2.18. The van der Waals surface area contributed by atoms with Gasteiger partial charge in [-0.2, -0.15) is 0 Å². The third kappa shape index (κ3) is 63.8. The van der Waals surface area contributed by atoms with E-state index in [1.54, 1.807) is 0 Å². The monoisotopic (exact) mass is 1080 g/mol. The molecule has 0 aromatic heterocycles. The Morgan fingerprint density at radius 2 is 0.506 bits per heavy atom. The lowest BCUT2D eigenvalue weighted by Gasteiger charge is -2.18. The molecule has 0 aromatic rings. The number of hydrogen-bond acceptors (Lipinski definition) is 6. The average molecular weight is 1080 g/mol. The Labute approximate surface area is 479 Å². The second kappa shape index (κ2) is 65.6. The van der Waals surface area contributed by atoms with Gasteiger partial charge in [-0.1, -0.05) is 313 Å². The van der Waals surface area contributed by atoms with Crippen molar-refractivity contribution in [3.63, 3.8) is 0 Å². The Morgan fingerprint density at radius 3 is 0.805 bits per heavy atom. The van der Waals surface area contributed by atoms with Crippen LogP contribution in [0, 0.1) is 0 Å². The number of unbranched alkanes of at least 4 members (excludes halogenated alkanes) is 41. The van der Waals surface area contributed by atoms with E-state index in [1.165, 1.54) is 231 Å². The molecule has 0 rings (SSSR count). The molecule has 0 fully saturated rings. The molecule has 77 heavy (non-hydrogen) atoms. The molecular weight excluding hydrogens is 949 g/mol. The van der Waals surface area contributed by atoms with Crippen molar-refractivity contribution in [2.45, 2.75) is 361 Å². The summed E-state index contributed by atoms with van der Waals surface area (Å²) >= 11 is 0. The third-order valence-corrected chi connectivity index (χ3v) is 15.0. The molecule has 0 saturated heterocycles. The fourth-order valence-corrected chi connectivity index (χ4v) is 9.96. The molecule has 6 nitrogen and oxygen atoms in total. The number of rotatable bonds is 62. The Bertz CT molecular complexity index is 1380. The van der Waals surface area contributed by atoms with E-state index in [-0.39, 0.29) is 31.1 Å². The van der Waals surface area contributed by atoms with E-state index in [4.69, 9.17) is 14.2 Å². The molecule has 0 N–H and O–H groups in total. The molecule has 0 aromatic carbocycles. The van der Waals surface area contributed by atoms with E-state index in [9.17, 15) is 14.4 Å². The standard InChI is InChI=1S/C71H128O6/c1-4-7-10-13-16-19-22-25-28-31-34-35-36-37-38-41-43-46-49-52-55-58-61-64-70(73)76-67-68(77-71(74)65-62-59-56-53-50-47-44-40-33-30-27-24-21-18-15-12-9-6-3)66-75-69(72)63-60-57-54-51-48-45-42-39-32-29-26-23-20-17-14-11-8-5-2/h7,10,16,19,25,28,30,33-35,68H,4-6,8-9,11-15,17-18,20-24,26-27,29,31-32,36-67H2,1-3H3/b10-7-,19-16-,28-25-,33-30-,35-34-. The lowest BCUT2D eigenvalue weighted by Crippen LogP contribution is -2.30. The number of ether oxygens (including phenoxy) is 3. The van der Waals surface area contributed by atoms with Crippen molar-refractivity contribution < 1.29 is 28.6 Å². The molecule has 0 heterocycles. The maximum absolute atomic E-state index is 12.9. The summed E-state index contributed by atoms with van der Waals surface area (Å²) in [6.45, 7) is 6.58. The Balaban J connectivity index is 4.34. The molecule has 0 aliphatic heterocycles. The predicted molar refractivity (Wildman–Crippen MR) is 335 cm³/mol. The smallest absolute Gasteiger partial charge is 0.306 e. The van der Waals surface area contributed by atoms with Crippen LogP contribution in [-0.2, 0) is 28.6 Å². The van der Waals surface area contributed by atoms with Crippen LogP contribution in [0.1, 0.15) is 355 Å². The first kappa shape index (κ1) is 74.1. The van der Waals surface area contributed by atoms with Gasteiger partial charge in [0.2, 0.25) is 0 Å². The maximum Gasteiger partial charge on any atom is 0.306 e. The van der Waals surface area contributed by atoms with Crippen LogP contribution in [0.25, 0.3) is 0 Å². The fraction of sp³-hybridized carbons (Fsp3) is 0.817. The van der Waals surface area contributed by atoms with Crippen molar-refractivity contribution in [2.24, 2.45) is 0 Å². The zero-order valence-electron chi connectivity index (χ0n) is 51.5. The first-order valence-corrected chi connectivity index (χ1v) is 33.8. The third-order valence-electron chi connectivity index (χ3n) is 15.0. The van der Waals surface area contributed by atoms with E-state index in [0.29, 0.717) is 19.3 Å². The Kier molecular flexibility index (Phi) is 63.2. The van der Waals surface area contributed by atoms with E-state index in [0.717, 1.165) is 83.5 Å². The molecule has 0 amide bonds. The molecule has 1 atom stereocenters. The lowest BCUT2D eigenvalue weighted by molar-refractivity contribution is -0.167. The van der Waals surface area contributed by atoms with Gasteiger partial charge in [-0.25, -0.2) is 0 Å². The van der Waals surface area contributed by atoms with Crippen molar-refractivity contribution in [1.29, 1.82) is 0 Å². The number of carbonyl (C=O) groups excluding carboxylic acids is 3. The molecule has 0 aliphatic rings. The highest BCUT2D eigenvalue weighted by Gasteiger charge is 2.19. The van der Waals surface area contributed by atoms with Gasteiger partial charge >= 0.3 is 17.9 Å². The van der Waals surface area contributed by atoms with Crippen LogP contribution in [0.3, 0.4) is 0 Å². The number of carbonyl (C=O) groups is 3. The van der Waals surface area contributed by atoms with Gasteiger partial charge in [-0.3, -0.25) is 14.4 Å². The molecule has 0 saturated carbocycles. The minimum atomic E-state index is -0.778. The van der Waals surface area contributed by atoms with Gasteiger partial charge in [0.25, 0.3) is 0 Å². The molecular formula is C71H128O6. The zero-order chi connectivity index (χ0) is 55.7. The van der Waals surface area contributed by atoms with Gasteiger partial charge in [0.05, 0.1) is 0 Å². The minimum absolute atomic E-state index is 0.0729. The Hall–Kier alpha value is -2.89. The van der Waals surface area contributed by atoms with Crippen molar-refractivity contribution >= 4 is 17.9 Å². The van der Waals surface area contributed by atoms with Gasteiger partial charge in [0.15, 0.2) is 6.10 Å². The van der Waals surface area contributed by atoms with E-state index < -0.39 is 6.10 Å². The summed E-state index contributed by atoms with van der Waals surface area (Å²) < 4.78 is 17.0. The van der Waals surface area contributed by atoms with E-state index in [2.05, 4.69) is 81.5 Å². The maximum atomic E-state index is 12.9. The summed E-state index contributed by atoms with van der Waals surface area (Å²) in [6.07, 6.45) is 83.7. The molecule has 0 aliphatic carbocycles. The first-order chi connectivity index (χ1) is 38.0.